The molecule has 0 spiro atoms. The molecule has 19 heavy (non-hydrogen) atoms. The summed E-state index contributed by atoms with van der Waals surface area (Å²) in [6, 6.07) is 10.0. The number of aromatic nitrogens is 2. The van der Waals surface area contributed by atoms with Crippen molar-refractivity contribution < 1.29 is 5.11 Å². The Bertz CT molecular complexity index is 517. The molecule has 0 atom stereocenters. The summed E-state index contributed by atoms with van der Waals surface area (Å²) >= 11 is 0. The molecule has 1 heterocycles. The predicted octanol–water partition coefficient (Wildman–Crippen LogP) is 3.87. The van der Waals surface area contributed by atoms with Crippen LogP contribution in [0.4, 0.5) is 0 Å². The lowest BCUT2D eigenvalue weighted by atomic mass is 10.1. The Hall–Kier alpha value is -1.77. The average molecular weight is 258 g/mol. The van der Waals surface area contributed by atoms with Crippen LogP contribution >= 0.6 is 0 Å². The highest BCUT2D eigenvalue weighted by Gasteiger charge is 2.16. The molecular formula is C16H22N2O. The van der Waals surface area contributed by atoms with Gasteiger partial charge in [-0.3, -0.25) is 0 Å². The van der Waals surface area contributed by atoms with Gasteiger partial charge in [0, 0.05) is 0 Å². The molecule has 0 aliphatic heterocycles. The molecule has 0 saturated carbocycles. The number of para-hydroxylation sites is 1. The standard InChI is InChI=1S/C16H22N2O/c1-3-5-12-15-16(19)14(9-4-2)17-18(15)13-10-7-6-8-11-13/h6-8,10-11,19H,3-5,9,12H2,1-2H3. The van der Waals surface area contributed by atoms with Gasteiger partial charge in [0.1, 0.15) is 5.69 Å². The maximum atomic E-state index is 10.3. The zero-order chi connectivity index (χ0) is 13.7. The van der Waals surface area contributed by atoms with E-state index >= 15 is 0 Å². The lowest BCUT2D eigenvalue weighted by molar-refractivity contribution is 0.459. The normalized spacial score (nSPS) is 10.8. The second kappa shape index (κ2) is 6.41. The molecule has 1 N–H and O–H groups in total. The number of hydrogen-bond donors (Lipinski definition) is 1. The minimum Gasteiger partial charge on any atom is -0.504 e. The Labute approximate surface area is 114 Å². The first-order valence-corrected chi connectivity index (χ1v) is 7.13. The van der Waals surface area contributed by atoms with Gasteiger partial charge in [0.15, 0.2) is 5.75 Å². The van der Waals surface area contributed by atoms with Gasteiger partial charge < -0.3 is 5.11 Å². The van der Waals surface area contributed by atoms with E-state index in [-0.39, 0.29) is 0 Å². The quantitative estimate of drug-likeness (QED) is 0.854. The van der Waals surface area contributed by atoms with E-state index < -0.39 is 0 Å². The molecule has 0 aliphatic carbocycles. The molecule has 3 nitrogen and oxygen atoms in total. The minimum atomic E-state index is 0.388. The molecule has 1 aromatic heterocycles. The lowest BCUT2D eigenvalue weighted by Gasteiger charge is -2.06. The van der Waals surface area contributed by atoms with E-state index in [9.17, 15) is 5.11 Å². The molecular weight excluding hydrogens is 236 g/mol. The maximum absolute atomic E-state index is 10.3. The zero-order valence-corrected chi connectivity index (χ0v) is 11.8. The van der Waals surface area contributed by atoms with E-state index in [2.05, 4.69) is 18.9 Å². The molecule has 0 aliphatic rings. The van der Waals surface area contributed by atoms with Crippen molar-refractivity contribution in [3.8, 4) is 11.4 Å². The fourth-order valence-electron chi connectivity index (χ4n) is 2.25. The van der Waals surface area contributed by atoms with Crippen molar-refractivity contribution in [2.24, 2.45) is 0 Å². The largest absolute Gasteiger partial charge is 0.504 e. The summed E-state index contributed by atoms with van der Waals surface area (Å²) in [5.41, 5.74) is 2.78. The number of rotatable bonds is 6. The summed E-state index contributed by atoms with van der Waals surface area (Å²) in [7, 11) is 0. The van der Waals surface area contributed by atoms with Crippen molar-refractivity contribution in [3.05, 3.63) is 41.7 Å². The summed E-state index contributed by atoms with van der Waals surface area (Å²) < 4.78 is 1.90. The molecule has 0 radical (unpaired) electrons. The van der Waals surface area contributed by atoms with E-state index in [0.29, 0.717) is 5.75 Å². The van der Waals surface area contributed by atoms with Crippen LogP contribution in [0.3, 0.4) is 0 Å². The second-order valence-corrected chi connectivity index (χ2v) is 4.84. The number of benzene rings is 1. The van der Waals surface area contributed by atoms with E-state index in [1.165, 1.54) is 0 Å². The first kappa shape index (κ1) is 13.7. The molecule has 0 unspecified atom stereocenters. The van der Waals surface area contributed by atoms with Gasteiger partial charge in [-0.25, -0.2) is 4.68 Å². The van der Waals surface area contributed by atoms with Crippen molar-refractivity contribution in [2.45, 2.75) is 46.0 Å². The molecule has 0 amide bonds. The number of aryl methyl sites for hydroxylation is 1. The van der Waals surface area contributed by atoms with E-state index in [1.54, 1.807) is 0 Å². The van der Waals surface area contributed by atoms with Crippen LogP contribution in [0.5, 0.6) is 5.75 Å². The van der Waals surface area contributed by atoms with E-state index in [0.717, 1.165) is 49.2 Å². The van der Waals surface area contributed by atoms with Crippen molar-refractivity contribution in [1.29, 1.82) is 0 Å². The fourth-order valence-corrected chi connectivity index (χ4v) is 2.25. The minimum absolute atomic E-state index is 0.388. The smallest absolute Gasteiger partial charge is 0.160 e. The Balaban J connectivity index is 2.43. The summed E-state index contributed by atoms with van der Waals surface area (Å²) in [5, 5.41) is 14.9. The number of hydrogen-bond acceptors (Lipinski definition) is 2. The van der Waals surface area contributed by atoms with Gasteiger partial charge in [0.05, 0.1) is 11.4 Å². The van der Waals surface area contributed by atoms with Crippen LogP contribution in [0, 0.1) is 0 Å². The fraction of sp³-hybridized carbons (Fsp3) is 0.438. The van der Waals surface area contributed by atoms with Gasteiger partial charge in [0.2, 0.25) is 0 Å². The Morgan fingerprint density at radius 3 is 2.42 bits per heavy atom. The highest BCUT2D eigenvalue weighted by atomic mass is 16.3. The SMILES string of the molecule is CCCCc1c(O)c(CCC)nn1-c1ccccc1. The van der Waals surface area contributed by atoms with Crippen LogP contribution in [0.1, 0.15) is 44.5 Å². The Morgan fingerprint density at radius 2 is 1.79 bits per heavy atom. The molecule has 0 fully saturated rings. The summed E-state index contributed by atoms with van der Waals surface area (Å²) in [4.78, 5) is 0. The monoisotopic (exact) mass is 258 g/mol. The third-order valence-corrected chi connectivity index (χ3v) is 3.28. The van der Waals surface area contributed by atoms with Gasteiger partial charge in [-0.1, -0.05) is 44.9 Å². The van der Waals surface area contributed by atoms with Gasteiger partial charge in [-0.05, 0) is 31.4 Å². The predicted molar refractivity (Wildman–Crippen MR) is 77.8 cm³/mol. The lowest BCUT2D eigenvalue weighted by Crippen LogP contribution is -2.02. The van der Waals surface area contributed by atoms with Gasteiger partial charge >= 0.3 is 0 Å². The van der Waals surface area contributed by atoms with Gasteiger partial charge in [-0.15, -0.1) is 0 Å². The third-order valence-electron chi connectivity index (χ3n) is 3.28. The van der Waals surface area contributed by atoms with Crippen LogP contribution in [0.2, 0.25) is 0 Å². The number of unbranched alkanes of at least 4 members (excludes halogenated alkanes) is 1. The summed E-state index contributed by atoms with van der Waals surface area (Å²) in [6.45, 7) is 4.26. The third kappa shape index (κ3) is 2.98. The highest BCUT2D eigenvalue weighted by Crippen LogP contribution is 2.27. The van der Waals surface area contributed by atoms with Crippen molar-refractivity contribution in [3.63, 3.8) is 0 Å². The first-order chi connectivity index (χ1) is 9.27. The van der Waals surface area contributed by atoms with E-state index in [4.69, 9.17) is 0 Å². The first-order valence-electron chi connectivity index (χ1n) is 7.13. The summed E-state index contributed by atoms with van der Waals surface area (Å²) in [5.74, 6) is 0.388. The Kier molecular flexibility index (Phi) is 4.61. The van der Waals surface area contributed by atoms with Crippen LogP contribution < -0.4 is 0 Å². The molecule has 2 rings (SSSR count). The number of aromatic hydroxyl groups is 1. The second-order valence-electron chi connectivity index (χ2n) is 4.84. The van der Waals surface area contributed by atoms with Crippen molar-refractivity contribution in [2.75, 3.05) is 0 Å². The van der Waals surface area contributed by atoms with Crippen molar-refractivity contribution >= 4 is 0 Å². The van der Waals surface area contributed by atoms with Gasteiger partial charge in [0.25, 0.3) is 0 Å². The maximum Gasteiger partial charge on any atom is 0.160 e. The summed E-state index contributed by atoms with van der Waals surface area (Å²) in [6.07, 6.45) is 4.87. The van der Waals surface area contributed by atoms with Crippen molar-refractivity contribution in [1.82, 2.24) is 9.78 Å². The highest BCUT2D eigenvalue weighted by molar-refractivity contribution is 5.41. The molecule has 102 valence electrons. The molecule has 0 saturated heterocycles. The Morgan fingerprint density at radius 1 is 1.05 bits per heavy atom. The molecule has 0 bridgehead atoms. The van der Waals surface area contributed by atoms with Crippen LogP contribution in [-0.2, 0) is 12.8 Å². The molecule has 2 aromatic rings. The van der Waals surface area contributed by atoms with Gasteiger partial charge in [-0.2, -0.15) is 5.10 Å². The van der Waals surface area contributed by atoms with E-state index in [1.807, 2.05) is 35.0 Å². The average Bonchev–Trinajstić information content (AvgIpc) is 2.75. The van der Waals surface area contributed by atoms with Crippen LogP contribution in [-0.4, -0.2) is 14.9 Å². The molecule has 1 aromatic carbocycles. The molecule has 3 heteroatoms. The van der Waals surface area contributed by atoms with Crippen LogP contribution in [0.25, 0.3) is 5.69 Å². The zero-order valence-electron chi connectivity index (χ0n) is 11.8. The number of nitrogens with zero attached hydrogens (tertiary/aromatic N) is 2. The van der Waals surface area contributed by atoms with Crippen LogP contribution in [0.15, 0.2) is 30.3 Å². The topological polar surface area (TPSA) is 38.1 Å².